The molecule has 9 nitrogen and oxygen atoms in total. The monoisotopic (exact) mass is 726 g/mol. The third-order valence-corrected chi connectivity index (χ3v) is 9.40. The molecule has 49 heavy (non-hydrogen) atoms. The van der Waals surface area contributed by atoms with Gasteiger partial charge in [-0.15, -0.1) is 0 Å². The lowest BCUT2D eigenvalue weighted by molar-refractivity contribution is -0.132. The van der Waals surface area contributed by atoms with E-state index in [1.54, 1.807) is 23.1 Å². The largest absolute Gasteiger partial charge is 0.493 e. The van der Waals surface area contributed by atoms with Crippen molar-refractivity contribution in [2.45, 2.75) is 37.8 Å². The van der Waals surface area contributed by atoms with Crippen molar-refractivity contribution in [2.75, 3.05) is 34.1 Å². The van der Waals surface area contributed by atoms with Crippen molar-refractivity contribution in [1.82, 2.24) is 10.2 Å². The van der Waals surface area contributed by atoms with Crippen LogP contribution in [0.4, 0.5) is 0 Å². The lowest BCUT2D eigenvalue weighted by Gasteiger charge is -2.31. The van der Waals surface area contributed by atoms with Crippen LogP contribution in [0.2, 0.25) is 15.1 Å². The van der Waals surface area contributed by atoms with Crippen LogP contribution in [0.15, 0.2) is 78.9 Å². The van der Waals surface area contributed by atoms with Gasteiger partial charge in [-0.2, -0.15) is 0 Å². The van der Waals surface area contributed by atoms with Gasteiger partial charge in [-0.3, -0.25) is 9.59 Å². The van der Waals surface area contributed by atoms with Crippen LogP contribution >= 0.6 is 34.8 Å². The second-order valence-corrected chi connectivity index (χ2v) is 12.7. The third kappa shape index (κ3) is 9.30. The van der Waals surface area contributed by atoms with E-state index in [2.05, 4.69) is 5.32 Å². The molecule has 258 valence electrons. The molecule has 0 aromatic heterocycles. The minimum atomic E-state index is -1.14. The molecular formula is C37H37Cl3N2O7. The highest BCUT2D eigenvalue weighted by molar-refractivity contribution is 6.42. The molecule has 4 aromatic rings. The molecule has 0 saturated heterocycles. The molecule has 1 aliphatic heterocycles. The number of aliphatic hydroxyl groups excluding tert-OH is 1. The van der Waals surface area contributed by atoms with Gasteiger partial charge in [-0.25, -0.2) is 0 Å². The minimum absolute atomic E-state index is 0.0395. The number of halogens is 3. The van der Waals surface area contributed by atoms with Crippen molar-refractivity contribution in [2.24, 2.45) is 0 Å². The zero-order valence-corrected chi connectivity index (χ0v) is 29.4. The fraction of sp³-hybridized carbons (Fsp3) is 0.297. The number of hydrogen-bond acceptors (Lipinski definition) is 7. The van der Waals surface area contributed by atoms with Crippen LogP contribution in [-0.2, 0) is 24.1 Å². The summed E-state index contributed by atoms with van der Waals surface area (Å²) in [7, 11) is 2.91. The highest BCUT2D eigenvalue weighted by Crippen LogP contribution is 2.37. The summed E-state index contributed by atoms with van der Waals surface area (Å²) < 4.78 is 21.7. The molecule has 0 fully saturated rings. The Morgan fingerprint density at radius 1 is 0.857 bits per heavy atom. The summed E-state index contributed by atoms with van der Waals surface area (Å²) in [5.74, 6) is 1.24. The van der Waals surface area contributed by atoms with E-state index in [0.717, 1.165) is 16.7 Å². The van der Waals surface area contributed by atoms with Gasteiger partial charge in [0, 0.05) is 19.5 Å². The Labute approximate surface area is 300 Å². The highest BCUT2D eigenvalue weighted by Gasteiger charge is 2.28. The Hall–Kier alpha value is -4.15. The topological polar surface area (TPSA) is 107 Å². The van der Waals surface area contributed by atoms with E-state index in [1.807, 2.05) is 54.6 Å². The second-order valence-electron chi connectivity index (χ2n) is 11.5. The molecule has 0 spiro atoms. The van der Waals surface area contributed by atoms with Gasteiger partial charge in [-0.1, -0.05) is 77.3 Å². The molecule has 1 unspecified atom stereocenters. The summed E-state index contributed by atoms with van der Waals surface area (Å²) in [6.45, 7) is 0.431. The van der Waals surface area contributed by atoms with E-state index in [9.17, 15) is 14.7 Å². The fourth-order valence-electron chi connectivity index (χ4n) is 5.60. The number of nitrogens with zero attached hydrogens (tertiary/aromatic N) is 1. The molecule has 0 aliphatic carbocycles. The van der Waals surface area contributed by atoms with E-state index < -0.39 is 18.1 Å². The van der Waals surface area contributed by atoms with Crippen LogP contribution < -0.4 is 24.3 Å². The molecule has 2 amide bonds. The van der Waals surface area contributed by atoms with Crippen molar-refractivity contribution in [3.05, 3.63) is 116 Å². The third-order valence-electron chi connectivity index (χ3n) is 8.29. The van der Waals surface area contributed by atoms with Crippen molar-refractivity contribution in [3.63, 3.8) is 0 Å². The summed E-state index contributed by atoms with van der Waals surface area (Å²) >= 11 is 18.9. The standard InChI is InChI=1S/C37H37Cl3N2O7/c1-46-32-14-11-26(35(40)36(32)47-2)37(45)41-29(19-23-6-4-3-5-7-23)30(43)21-42(17-16-25-9-13-31-33(20-25)49-22-48-31)34(44)15-10-24-8-12-27(38)28(39)18-24/h3-9,11-14,18,20,29-30,43H,10,15-17,19,21-22H2,1-2H3,(H,41,45)/t29?,30-/m0/s1. The lowest BCUT2D eigenvalue weighted by Crippen LogP contribution is -2.51. The number of amides is 2. The fourth-order valence-corrected chi connectivity index (χ4v) is 6.24. The zero-order valence-electron chi connectivity index (χ0n) is 27.1. The number of aliphatic hydroxyl groups is 1. The first-order chi connectivity index (χ1) is 23.7. The maximum atomic E-state index is 13.8. The van der Waals surface area contributed by atoms with Gasteiger partial charge in [-0.05, 0) is 72.4 Å². The molecule has 4 aromatic carbocycles. The van der Waals surface area contributed by atoms with E-state index >= 15 is 0 Å². The first kappa shape index (κ1) is 36.1. The van der Waals surface area contributed by atoms with E-state index in [0.29, 0.717) is 53.1 Å². The Bertz CT molecular complexity index is 1770. The summed E-state index contributed by atoms with van der Waals surface area (Å²) in [5.41, 5.74) is 2.85. The first-order valence-electron chi connectivity index (χ1n) is 15.7. The molecule has 0 saturated carbocycles. The van der Waals surface area contributed by atoms with Gasteiger partial charge in [0.1, 0.15) is 0 Å². The van der Waals surface area contributed by atoms with Gasteiger partial charge < -0.3 is 34.3 Å². The van der Waals surface area contributed by atoms with E-state index in [-0.39, 0.29) is 42.0 Å². The maximum absolute atomic E-state index is 13.8. The SMILES string of the molecule is COc1ccc(C(=O)NC(Cc2ccccc2)[C@@H](O)CN(CCc2ccc3c(c2)OCO3)C(=O)CCc2ccc(Cl)c(Cl)c2)c(Cl)c1OC. The van der Waals surface area contributed by atoms with Crippen molar-refractivity contribution >= 4 is 46.6 Å². The number of methoxy groups -OCH3 is 2. The van der Waals surface area contributed by atoms with Crippen LogP contribution in [0.5, 0.6) is 23.0 Å². The Balaban J connectivity index is 1.37. The number of hydrogen-bond donors (Lipinski definition) is 2. The summed E-state index contributed by atoms with van der Waals surface area (Å²) in [4.78, 5) is 29.1. The maximum Gasteiger partial charge on any atom is 0.253 e. The lowest BCUT2D eigenvalue weighted by atomic mass is 9.99. The van der Waals surface area contributed by atoms with Crippen LogP contribution in [0, 0.1) is 0 Å². The Kier molecular flexibility index (Phi) is 12.5. The number of nitrogens with one attached hydrogen (secondary N) is 1. The second kappa shape index (κ2) is 17.0. The molecule has 2 atom stereocenters. The predicted molar refractivity (Wildman–Crippen MR) is 190 cm³/mol. The molecular weight excluding hydrogens is 691 g/mol. The Morgan fingerprint density at radius 3 is 2.33 bits per heavy atom. The smallest absolute Gasteiger partial charge is 0.253 e. The highest BCUT2D eigenvalue weighted by atomic mass is 35.5. The average Bonchev–Trinajstić information content (AvgIpc) is 3.58. The van der Waals surface area contributed by atoms with E-state index in [1.165, 1.54) is 20.3 Å². The normalized spacial score (nSPS) is 13.0. The van der Waals surface area contributed by atoms with Gasteiger partial charge >= 0.3 is 0 Å². The molecule has 2 N–H and O–H groups in total. The Morgan fingerprint density at radius 2 is 1.59 bits per heavy atom. The molecule has 0 bridgehead atoms. The quantitative estimate of drug-likeness (QED) is 0.139. The molecule has 1 aliphatic rings. The molecule has 5 rings (SSSR count). The number of fused-ring (bicyclic) bond motifs is 1. The zero-order chi connectivity index (χ0) is 34.9. The molecule has 12 heteroatoms. The van der Waals surface area contributed by atoms with Gasteiger partial charge in [0.05, 0.1) is 47.0 Å². The number of ether oxygens (including phenoxy) is 4. The number of benzene rings is 4. The van der Waals surface area contributed by atoms with Crippen molar-refractivity contribution < 1.29 is 33.6 Å². The average molecular weight is 728 g/mol. The summed E-state index contributed by atoms with van der Waals surface area (Å²) in [5, 5.41) is 15.6. The van der Waals surface area contributed by atoms with Gasteiger partial charge in [0.15, 0.2) is 23.0 Å². The van der Waals surface area contributed by atoms with Crippen molar-refractivity contribution in [3.8, 4) is 23.0 Å². The van der Waals surface area contributed by atoms with Gasteiger partial charge in [0.2, 0.25) is 12.7 Å². The van der Waals surface area contributed by atoms with Gasteiger partial charge in [0.25, 0.3) is 5.91 Å². The summed E-state index contributed by atoms with van der Waals surface area (Å²) in [6.07, 6.45) is 0.246. The van der Waals surface area contributed by atoms with Crippen LogP contribution in [-0.4, -0.2) is 68.1 Å². The minimum Gasteiger partial charge on any atom is -0.493 e. The number of rotatable bonds is 15. The van der Waals surface area contributed by atoms with Crippen molar-refractivity contribution in [1.29, 1.82) is 0 Å². The number of aryl methyl sites for hydroxylation is 1. The number of carbonyl (C=O) groups excluding carboxylic acids is 2. The van der Waals surface area contributed by atoms with Crippen LogP contribution in [0.3, 0.4) is 0 Å². The predicted octanol–water partition coefficient (Wildman–Crippen LogP) is 6.80. The summed E-state index contributed by atoms with van der Waals surface area (Å²) in [6, 6.07) is 22.8. The first-order valence-corrected chi connectivity index (χ1v) is 16.8. The molecule has 1 heterocycles. The van der Waals surface area contributed by atoms with Crippen LogP contribution in [0.1, 0.15) is 33.5 Å². The van der Waals surface area contributed by atoms with E-state index in [4.69, 9.17) is 53.8 Å². The molecule has 0 radical (unpaired) electrons. The number of carbonyl (C=O) groups is 2. The van der Waals surface area contributed by atoms with Crippen LogP contribution in [0.25, 0.3) is 0 Å².